The Morgan fingerprint density at radius 2 is 2.12 bits per heavy atom. The maximum absolute atomic E-state index is 9.90. The summed E-state index contributed by atoms with van der Waals surface area (Å²) in [4.78, 5) is 9.90. The molecule has 0 saturated carbocycles. The lowest BCUT2D eigenvalue weighted by Gasteiger charge is -2.13. The first kappa shape index (κ1) is 7.85. The lowest BCUT2D eigenvalue weighted by molar-refractivity contribution is -0.106. The van der Waals surface area contributed by atoms with Crippen molar-refractivity contribution in [3.63, 3.8) is 0 Å². The number of aldehydes is 1. The van der Waals surface area contributed by atoms with Crippen molar-refractivity contribution >= 4 is 14.4 Å². The van der Waals surface area contributed by atoms with Gasteiger partial charge in [-0.25, -0.2) is 0 Å². The topological polar surface area (TPSA) is 37.3 Å². The number of rotatable bonds is 3. The maximum Gasteiger partial charge on any atom is 0.117 e. The average Bonchev–Trinajstić information content (AvgIpc) is 1.67. The zero-order chi connectivity index (χ0) is 6.62. The van der Waals surface area contributed by atoms with E-state index in [1.165, 1.54) is 0 Å². The van der Waals surface area contributed by atoms with Gasteiger partial charge in [0.2, 0.25) is 0 Å². The molecule has 0 heterocycles. The number of aliphatic hydroxyl groups is 1. The van der Waals surface area contributed by atoms with E-state index in [0.717, 1.165) is 6.29 Å². The van der Waals surface area contributed by atoms with Gasteiger partial charge in [-0.2, -0.15) is 0 Å². The fourth-order valence-electron chi connectivity index (χ4n) is 0.290. The molecule has 0 aliphatic carbocycles. The van der Waals surface area contributed by atoms with Crippen molar-refractivity contribution in [3.8, 4) is 0 Å². The van der Waals surface area contributed by atoms with Crippen molar-refractivity contribution in [2.75, 3.05) is 6.23 Å². The van der Waals surface area contributed by atoms with Crippen LogP contribution in [0.1, 0.15) is 0 Å². The van der Waals surface area contributed by atoms with E-state index in [2.05, 4.69) is 0 Å². The minimum absolute atomic E-state index is 0.214. The molecule has 1 N–H and O–H groups in total. The van der Waals surface area contributed by atoms with Crippen LogP contribution in [0.5, 0.6) is 0 Å². The first-order chi connectivity index (χ1) is 3.62. The SMILES string of the molecule is C[Si](C)(CO)CC=O. The van der Waals surface area contributed by atoms with Crippen LogP contribution in [0.4, 0.5) is 0 Å². The summed E-state index contributed by atoms with van der Waals surface area (Å²) >= 11 is 0. The molecule has 0 aromatic rings. The van der Waals surface area contributed by atoms with Gasteiger partial charge in [-0.3, -0.25) is 0 Å². The fraction of sp³-hybridized carbons (Fsp3) is 0.800. The second kappa shape index (κ2) is 2.99. The summed E-state index contributed by atoms with van der Waals surface area (Å²) in [5, 5.41) is 8.63. The molecule has 0 aliphatic heterocycles. The molecule has 0 atom stereocenters. The van der Waals surface area contributed by atoms with Crippen LogP contribution in [-0.4, -0.2) is 25.7 Å². The molecule has 8 heavy (non-hydrogen) atoms. The van der Waals surface area contributed by atoms with Crippen LogP contribution in [0.2, 0.25) is 19.1 Å². The fourth-order valence-corrected chi connectivity index (χ4v) is 0.870. The van der Waals surface area contributed by atoms with Crippen molar-refractivity contribution in [1.29, 1.82) is 0 Å². The Morgan fingerprint density at radius 3 is 2.25 bits per heavy atom. The summed E-state index contributed by atoms with van der Waals surface area (Å²) in [5.41, 5.74) is 0. The maximum atomic E-state index is 9.90. The van der Waals surface area contributed by atoms with Crippen molar-refractivity contribution in [3.05, 3.63) is 0 Å². The Balaban J connectivity index is 3.53. The summed E-state index contributed by atoms with van der Waals surface area (Å²) in [6, 6.07) is 0.573. The Hall–Kier alpha value is -0.153. The van der Waals surface area contributed by atoms with E-state index in [9.17, 15) is 4.79 Å². The summed E-state index contributed by atoms with van der Waals surface area (Å²) in [5.74, 6) is 0. The van der Waals surface area contributed by atoms with E-state index >= 15 is 0 Å². The van der Waals surface area contributed by atoms with E-state index in [-0.39, 0.29) is 6.23 Å². The third-order valence-electron chi connectivity index (χ3n) is 1.06. The number of carbonyl (C=O) groups excluding carboxylic acids is 1. The molecule has 3 heteroatoms. The highest BCUT2D eigenvalue weighted by Crippen LogP contribution is 2.03. The number of carbonyl (C=O) groups is 1. The van der Waals surface area contributed by atoms with Crippen LogP contribution >= 0.6 is 0 Å². The predicted octanol–water partition coefficient (Wildman–Crippen LogP) is 0.425. The summed E-state index contributed by atoms with van der Waals surface area (Å²) in [6.45, 7) is 3.98. The molecule has 0 saturated heterocycles. The van der Waals surface area contributed by atoms with E-state index in [0.29, 0.717) is 6.04 Å². The van der Waals surface area contributed by atoms with E-state index in [1.807, 2.05) is 13.1 Å². The van der Waals surface area contributed by atoms with Crippen LogP contribution in [-0.2, 0) is 4.79 Å². The van der Waals surface area contributed by atoms with Gasteiger partial charge >= 0.3 is 0 Å². The van der Waals surface area contributed by atoms with Gasteiger partial charge in [0.05, 0.1) is 8.07 Å². The highest BCUT2D eigenvalue weighted by Gasteiger charge is 2.17. The average molecular weight is 132 g/mol. The first-order valence-electron chi connectivity index (χ1n) is 2.67. The van der Waals surface area contributed by atoms with Crippen molar-refractivity contribution in [1.82, 2.24) is 0 Å². The molecule has 0 aromatic heterocycles. The third-order valence-corrected chi connectivity index (χ3v) is 3.19. The highest BCUT2D eigenvalue weighted by molar-refractivity contribution is 6.79. The minimum Gasteiger partial charge on any atom is -0.400 e. The molecule has 0 unspecified atom stereocenters. The molecule has 0 radical (unpaired) electrons. The summed E-state index contributed by atoms with van der Waals surface area (Å²) in [6.07, 6.45) is 1.11. The molecular formula is C5H12O2Si. The Morgan fingerprint density at radius 1 is 1.62 bits per heavy atom. The van der Waals surface area contributed by atoms with Gasteiger partial charge in [-0.15, -0.1) is 0 Å². The minimum atomic E-state index is -1.49. The van der Waals surface area contributed by atoms with Crippen LogP contribution in [0.25, 0.3) is 0 Å². The van der Waals surface area contributed by atoms with Crippen LogP contribution < -0.4 is 0 Å². The highest BCUT2D eigenvalue weighted by atomic mass is 28.3. The number of aliphatic hydroxyl groups excluding tert-OH is 1. The molecule has 48 valence electrons. The normalized spacial score (nSPS) is 11.4. The van der Waals surface area contributed by atoms with E-state index < -0.39 is 8.07 Å². The van der Waals surface area contributed by atoms with Gasteiger partial charge in [-0.1, -0.05) is 13.1 Å². The lowest BCUT2D eigenvalue weighted by atomic mass is 10.9. The standard InChI is InChI=1S/C5H12O2Si/c1-8(2,5-7)4-3-6/h3,7H,4-5H2,1-2H3. The quantitative estimate of drug-likeness (QED) is 0.446. The number of hydrogen-bond donors (Lipinski definition) is 1. The predicted molar refractivity (Wildman–Crippen MR) is 35.4 cm³/mol. The Labute approximate surface area is 50.5 Å². The van der Waals surface area contributed by atoms with Gasteiger partial charge in [0.25, 0.3) is 0 Å². The van der Waals surface area contributed by atoms with Crippen LogP contribution in [0, 0.1) is 0 Å². The zero-order valence-electron chi connectivity index (χ0n) is 5.35. The Bertz CT molecular complexity index is 80.5. The van der Waals surface area contributed by atoms with Crippen molar-refractivity contribution in [2.45, 2.75) is 19.1 Å². The first-order valence-corrected chi connectivity index (χ1v) is 6.08. The molecular weight excluding hydrogens is 120 g/mol. The van der Waals surface area contributed by atoms with Gasteiger partial charge in [0.15, 0.2) is 0 Å². The zero-order valence-corrected chi connectivity index (χ0v) is 6.35. The number of hydrogen-bond acceptors (Lipinski definition) is 2. The molecule has 0 bridgehead atoms. The van der Waals surface area contributed by atoms with Crippen molar-refractivity contribution < 1.29 is 9.90 Å². The monoisotopic (exact) mass is 132 g/mol. The van der Waals surface area contributed by atoms with Gasteiger partial charge < -0.3 is 9.90 Å². The van der Waals surface area contributed by atoms with Crippen LogP contribution in [0.15, 0.2) is 0 Å². The molecule has 0 aliphatic rings. The third kappa shape index (κ3) is 2.93. The molecule has 2 nitrogen and oxygen atoms in total. The lowest BCUT2D eigenvalue weighted by Crippen LogP contribution is -2.30. The second-order valence-electron chi connectivity index (χ2n) is 2.69. The Kier molecular flexibility index (Phi) is 2.93. The van der Waals surface area contributed by atoms with Gasteiger partial charge in [0, 0.05) is 12.3 Å². The smallest absolute Gasteiger partial charge is 0.117 e. The van der Waals surface area contributed by atoms with Crippen LogP contribution in [0.3, 0.4) is 0 Å². The van der Waals surface area contributed by atoms with E-state index in [4.69, 9.17) is 5.11 Å². The second-order valence-corrected chi connectivity index (χ2v) is 7.75. The summed E-state index contributed by atoms with van der Waals surface area (Å²) in [7, 11) is -1.49. The molecule has 0 aromatic carbocycles. The van der Waals surface area contributed by atoms with Gasteiger partial charge in [-0.05, 0) is 0 Å². The molecule has 0 spiro atoms. The summed E-state index contributed by atoms with van der Waals surface area (Å²) < 4.78 is 0. The largest absolute Gasteiger partial charge is 0.400 e. The molecule has 0 amide bonds. The molecule has 0 fully saturated rings. The van der Waals surface area contributed by atoms with Gasteiger partial charge in [0.1, 0.15) is 6.29 Å². The molecule has 0 rings (SSSR count). The van der Waals surface area contributed by atoms with E-state index in [1.54, 1.807) is 0 Å². The van der Waals surface area contributed by atoms with Crippen molar-refractivity contribution in [2.24, 2.45) is 0 Å².